The summed E-state index contributed by atoms with van der Waals surface area (Å²) in [4.78, 5) is 40.0. The molecule has 16 N–H and O–H groups in total. The molecular weight excluding hydrogens is 971 g/mol. The summed E-state index contributed by atoms with van der Waals surface area (Å²) >= 11 is 17.5. The molecular formula is C41H51Cl3N14O9S. The van der Waals surface area contributed by atoms with E-state index in [-0.39, 0.29) is 89.8 Å². The van der Waals surface area contributed by atoms with Crippen molar-refractivity contribution >= 4 is 114 Å². The number of nitrogens with zero attached hydrogens (tertiary/aromatic N) is 7. The number of amidine groups is 2. The number of benzene rings is 3. The van der Waals surface area contributed by atoms with Crippen LogP contribution >= 0.6 is 34.8 Å². The molecule has 0 unspecified atom stereocenters. The van der Waals surface area contributed by atoms with Gasteiger partial charge in [-0.1, -0.05) is 40.9 Å². The molecule has 0 aliphatic carbocycles. The number of aromatic nitrogens is 2. The number of halogens is 3. The van der Waals surface area contributed by atoms with Crippen LogP contribution in [-0.4, -0.2) is 119 Å². The molecule has 4 fully saturated rings. The number of nitrogens with one attached hydrogen (secondary N) is 2. The van der Waals surface area contributed by atoms with Gasteiger partial charge in [-0.3, -0.25) is 44.5 Å². The first-order chi connectivity index (χ1) is 31.7. The molecule has 23 nitrogen and oxygen atoms in total. The lowest BCUT2D eigenvalue weighted by Crippen LogP contribution is -2.33. The molecule has 5 aliphatic rings. The van der Waals surface area contributed by atoms with Gasteiger partial charge in [0.2, 0.25) is 0 Å². The lowest BCUT2D eigenvalue weighted by atomic mass is 10.0. The topological polar surface area (TPSA) is 379 Å². The molecule has 366 valence electrons. The largest absolute Gasteiger partial charge is 0.506 e. The Morgan fingerprint density at radius 2 is 1.12 bits per heavy atom. The number of fused-ring (bicyclic) bond motifs is 3. The number of carbonyl (C=O) groups excluding carboxylic acids is 2. The Labute approximate surface area is 404 Å². The number of rotatable bonds is 2. The second kappa shape index (κ2) is 20.6. The van der Waals surface area contributed by atoms with Gasteiger partial charge in [-0.15, -0.1) is 0 Å². The van der Waals surface area contributed by atoms with Crippen LogP contribution in [0.1, 0.15) is 41.5 Å². The first-order valence-electron chi connectivity index (χ1n) is 20.4. The molecule has 27 heteroatoms. The number of hydrogen-bond acceptors (Lipinski definition) is 16. The fourth-order valence-electron chi connectivity index (χ4n) is 7.26. The summed E-state index contributed by atoms with van der Waals surface area (Å²) in [6.45, 7) is 9.19. The van der Waals surface area contributed by atoms with Crippen molar-refractivity contribution in [2.45, 2.75) is 53.1 Å². The maximum absolute atomic E-state index is 12.3. The monoisotopic (exact) mass is 1020 g/mol. The van der Waals surface area contributed by atoms with E-state index in [0.29, 0.717) is 66.2 Å². The number of aliphatic imine (C=N–C) groups is 1. The molecule has 0 spiro atoms. The molecule has 5 aliphatic heterocycles. The molecule has 0 radical (unpaired) electrons. The van der Waals surface area contributed by atoms with E-state index >= 15 is 0 Å². The average molecular weight is 1020 g/mol. The van der Waals surface area contributed by atoms with Crippen molar-refractivity contribution in [1.29, 1.82) is 10.8 Å². The van der Waals surface area contributed by atoms with E-state index in [1.807, 2.05) is 0 Å². The number of nitrogens with two attached hydrogens (primary N) is 5. The predicted octanol–water partition coefficient (Wildman–Crippen LogP) is 3.87. The second-order valence-corrected chi connectivity index (χ2v) is 18.3. The molecule has 0 saturated carbocycles. The van der Waals surface area contributed by atoms with Gasteiger partial charge in [0, 0.05) is 44.8 Å². The molecule has 4 saturated heterocycles. The van der Waals surface area contributed by atoms with E-state index in [1.165, 1.54) is 5.01 Å². The van der Waals surface area contributed by atoms with E-state index in [1.54, 1.807) is 75.5 Å². The first kappa shape index (κ1) is 52.1. The molecule has 4 aromatic rings. The summed E-state index contributed by atoms with van der Waals surface area (Å²) in [5.74, 6) is 0.0630. The van der Waals surface area contributed by atoms with Crippen molar-refractivity contribution in [3.05, 3.63) is 77.5 Å². The second-order valence-electron chi connectivity index (χ2n) is 15.7. The summed E-state index contributed by atoms with van der Waals surface area (Å²) in [6.07, 6.45) is 4.96. The smallest absolute Gasteiger partial charge is 0.294 e. The molecule has 9 rings (SSSR count). The van der Waals surface area contributed by atoms with Crippen molar-refractivity contribution in [2.24, 2.45) is 4.99 Å². The third-order valence-corrected chi connectivity index (χ3v) is 12.0. The zero-order valence-electron chi connectivity index (χ0n) is 37.1. The summed E-state index contributed by atoms with van der Waals surface area (Å²) in [6, 6.07) is 6.58. The molecule has 0 bridgehead atoms. The highest BCUT2D eigenvalue weighted by Crippen LogP contribution is 2.40. The number of aromatic hydroxyl groups is 3. The van der Waals surface area contributed by atoms with Gasteiger partial charge in [0.05, 0.1) is 34.6 Å². The van der Waals surface area contributed by atoms with E-state index in [9.17, 15) is 38.1 Å². The predicted molar refractivity (Wildman–Crippen MR) is 263 cm³/mol. The quantitative estimate of drug-likeness (QED) is 0.0771. The van der Waals surface area contributed by atoms with Crippen LogP contribution in [0.25, 0.3) is 6.08 Å². The normalized spacial score (nSPS) is 17.0. The number of aryl methyl sites for hydroxylation is 3. The van der Waals surface area contributed by atoms with Crippen LogP contribution in [0.3, 0.4) is 0 Å². The third-order valence-electron chi connectivity index (χ3n) is 10.8. The first-order valence-corrected chi connectivity index (χ1v) is 23.4. The Morgan fingerprint density at radius 3 is 1.65 bits per heavy atom. The number of phenolic OH excluding ortho intramolecular Hbond substituents is 3. The van der Waals surface area contributed by atoms with Gasteiger partial charge in [0.1, 0.15) is 43.8 Å². The lowest BCUT2D eigenvalue weighted by Gasteiger charge is -2.18. The Bertz CT molecular complexity index is 2770. The van der Waals surface area contributed by atoms with Crippen molar-refractivity contribution in [3.8, 4) is 17.2 Å². The summed E-state index contributed by atoms with van der Waals surface area (Å²) in [5.41, 5.74) is 31.8. The van der Waals surface area contributed by atoms with Gasteiger partial charge in [0.25, 0.3) is 27.5 Å². The molecule has 68 heavy (non-hydrogen) atoms. The van der Waals surface area contributed by atoms with Gasteiger partial charge in [-0.2, -0.15) is 8.42 Å². The Morgan fingerprint density at radius 1 is 0.647 bits per heavy atom. The number of phenols is 3. The van der Waals surface area contributed by atoms with Crippen LogP contribution in [0.15, 0.2) is 39.6 Å². The molecule has 3 aromatic carbocycles. The van der Waals surface area contributed by atoms with Crippen LogP contribution in [0, 0.1) is 31.6 Å². The van der Waals surface area contributed by atoms with Crippen LogP contribution in [0.2, 0.25) is 15.1 Å². The SMILES string of the molecule is CS(=O)(=O)O.Cc1cc(C=C2C(=N)N3CCCN3C2=O)c(N)c(Cl)c1O.Cc1cc(N=C2C(=N)N3CCCN3C2=O)c(N)c(Cl)c1O.Cc1ccc(N)c(Cl)c1O.Nc1c(N)n2n(c1=O)CCC2. The number of anilines is 5. The summed E-state index contributed by atoms with van der Waals surface area (Å²) in [7, 11) is -3.67. The minimum atomic E-state index is -3.67. The molecule has 6 heterocycles. The maximum Gasteiger partial charge on any atom is 0.294 e. The minimum Gasteiger partial charge on any atom is -0.506 e. The highest BCUT2D eigenvalue weighted by molar-refractivity contribution is 7.85. The van der Waals surface area contributed by atoms with Gasteiger partial charge < -0.3 is 44.0 Å². The average Bonchev–Trinajstić information content (AvgIpc) is 4.16. The highest BCUT2D eigenvalue weighted by atomic mass is 35.5. The van der Waals surface area contributed by atoms with Crippen LogP contribution in [0.5, 0.6) is 17.2 Å². The third kappa shape index (κ3) is 10.8. The van der Waals surface area contributed by atoms with E-state index in [2.05, 4.69) is 4.99 Å². The number of nitrogen functional groups attached to an aromatic ring is 5. The summed E-state index contributed by atoms with van der Waals surface area (Å²) < 4.78 is 29.2. The Hall–Kier alpha value is -6.86. The van der Waals surface area contributed by atoms with Crippen molar-refractivity contribution in [2.75, 3.05) is 61.1 Å². The lowest BCUT2D eigenvalue weighted by molar-refractivity contribution is -0.131. The molecule has 2 amide bonds. The molecule has 1 aromatic heterocycles. The van der Waals surface area contributed by atoms with Crippen molar-refractivity contribution in [1.82, 2.24) is 29.4 Å². The zero-order valence-corrected chi connectivity index (χ0v) is 40.2. The Balaban J connectivity index is 0.000000171. The fourth-order valence-corrected chi connectivity index (χ4v) is 7.98. The number of amides is 2. The minimum absolute atomic E-state index is 0.00660. The van der Waals surface area contributed by atoms with Crippen LogP contribution in [-0.2, 0) is 32.8 Å². The van der Waals surface area contributed by atoms with Crippen molar-refractivity contribution < 1.29 is 37.9 Å². The van der Waals surface area contributed by atoms with Gasteiger partial charge in [-0.05, 0) is 81.0 Å². The maximum atomic E-state index is 12.3. The van der Waals surface area contributed by atoms with E-state index in [0.717, 1.165) is 37.9 Å². The van der Waals surface area contributed by atoms with Crippen LogP contribution < -0.4 is 34.2 Å². The highest BCUT2D eigenvalue weighted by Gasteiger charge is 2.43. The number of hydrazine groups is 2. The zero-order chi connectivity index (χ0) is 50.8. The van der Waals surface area contributed by atoms with Crippen LogP contribution in [0.4, 0.5) is 34.3 Å². The van der Waals surface area contributed by atoms with Gasteiger partial charge >= 0.3 is 0 Å². The number of carbonyl (C=O) groups is 2. The van der Waals surface area contributed by atoms with Gasteiger partial charge in [0.15, 0.2) is 17.4 Å². The standard InChI is InChI=1S/C14H15ClN4O2.C13H14ClN5O2.C7H8ClNO.C6H10N4O.CH4O3S/c1-7-5-8(11(16)10(15)12(7)20)6-9-13(17)18-3-2-4-19(18)14(9)21;1-6-5-7(9(15)8(14)11(6)20)17-10-12(16)18-3-2-4-19(18)13(10)21;1-4-2-3-5(9)6(8)7(4)10;7-4-5(8)9-2-1-3-10(9)6(4)11;1-5(2,3)4/h5-6,17,20H,2-4,16H2,1H3;5,16,20H,2-4,15H2,1H3;2-3,10H,9H2,1H3;1-3,7-8H2;1H3,(H,2,3,4). The van der Waals surface area contributed by atoms with E-state index in [4.69, 9.17) is 78.8 Å². The number of hydrogen-bond donors (Lipinski definition) is 11. The van der Waals surface area contributed by atoms with E-state index < -0.39 is 10.1 Å². The summed E-state index contributed by atoms with van der Waals surface area (Å²) in [5, 5.41) is 51.5. The van der Waals surface area contributed by atoms with Gasteiger partial charge in [-0.25, -0.2) is 19.7 Å². The molecule has 0 atom stereocenters. The fraction of sp³-hybridized carbons (Fsp3) is 0.317. The Kier molecular flexibility index (Phi) is 15.8. The van der Waals surface area contributed by atoms with Crippen molar-refractivity contribution in [3.63, 3.8) is 0 Å².